The zero-order valence-corrected chi connectivity index (χ0v) is 17.8. The Hall–Kier alpha value is -2.71. The van der Waals surface area contributed by atoms with Crippen LogP contribution in [0.25, 0.3) is 0 Å². The summed E-state index contributed by atoms with van der Waals surface area (Å²) in [5.74, 6) is -0.465. The summed E-state index contributed by atoms with van der Waals surface area (Å²) < 4.78 is 27.6. The molecule has 0 bridgehead atoms. The van der Waals surface area contributed by atoms with Crippen LogP contribution in [0.3, 0.4) is 0 Å². The highest BCUT2D eigenvalue weighted by molar-refractivity contribution is 7.89. The van der Waals surface area contributed by atoms with Crippen LogP contribution in [0, 0.1) is 0 Å². The number of carbonyl (C=O) groups is 2. The molecule has 0 aliphatic heterocycles. The van der Waals surface area contributed by atoms with Crippen LogP contribution in [0.1, 0.15) is 46.3 Å². The second kappa shape index (κ2) is 9.86. The Bertz CT molecular complexity index is 1030. The zero-order chi connectivity index (χ0) is 21.6. The minimum Gasteiger partial charge on any atom is -0.355 e. The fraction of sp³-hybridized carbons (Fsp3) is 0.364. The van der Waals surface area contributed by atoms with Crippen molar-refractivity contribution in [1.82, 2.24) is 15.4 Å². The van der Waals surface area contributed by atoms with Crippen molar-refractivity contribution in [2.45, 2.75) is 43.5 Å². The van der Waals surface area contributed by atoms with E-state index in [-0.39, 0.29) is 36.2 Å². The molecule has 0 unspecified atom stereocenters. The monoisotopic (exact) mass is 429 g/mol. The topological polar surface area (TPSA) is 104 Å². The highest BCUT2D eigenvalue weighted by Crippen LogP contribution is 2.24. The van der Waals surface area contributed by atoms with Crippen molar-refractivity contribution in [3.05, 3.63) is 64.7 Å². The van der Waals surface area contributed by atoms with Gasteiger partial charge in [0.15, 0.2) is 0 Å². The highest BCUT2D eigenvalue weighted by atomic mass is 32.2. The molecule has 1 aliphatic carbocycles. The van der Waals surface area contributed by atoms with Crippen molar-refractivity contribution >= 4 is 21.8 Å². The number of benzene rings is 2. The second-order valence-corrected chi connectivity index (χ2v) is 9.11. The first-order valence-electron chi connectivity index (χ1n) is 10.1. The number of hydrogen-bond acceptors (Lipinski definition) is 4. The van der Waals surface area contributed by atoms with E-state index in [9.17, 15) is 18.0 Å². The van der Waals surface area contributed by atoms with Crippen LogP contribution in [-0.4, -0.2) is 33.8 Å². The highest BCUT2D eigenvalue weighted by Gasteiger charge is 2.17. The standard InChI is InChI=1S/C22H27N3O4S/c1-23-22(27)19-8-4-5-16(13-19)15-24-21(26)11-12-25-30(28,29)20-10-9-17-6-2-3-7-18(17)14-20/h4-5,8-10,13-14,25H,2-3,6-7,11-12,15H2,1H3,(H,23,27)(H,24,26). The summed E-state index contributed by atoms with van der Waals surface area (Å²) in [7, 11) is -2.09. The van der Waals surface area contributed by atoms with Crippen LogP contribution >= 0.6 is 0 Å². The maximum atomic E-state index is 12.5. The SMILES string of the molecule is CNC(=O)c1cccc(CNC(=O)CCNS(=O)(=O)c2ccc3c(c2)CCCC3)c1. The molecule has 0 spiro atoms. The van der Waals surface area contributed by atoms with Gasteiger partial charge in [-0.15, -0.1) is 0 Å². The van der Waals surface area contributed by atoms with E-state index >= 15 is 0 Å². The number of amides is 2. The van der Waals surface area contributed by atoms with E-state index in [1.54, 1.807) is 37.4 Å². The molecule has 30 heavy (non-hydrogen) atoms. The second-order valence-electron chi connectivity index (χ2n) is 7.34. The molecule has 8 heteroatoms. The number of nitrogens with one attached hydrogen (secondary N) is 3. The molecule has 0 fully saturated rings. The Kier molecular flexibility index (Phi) is 7.23. The Balaban J connectivity index is 1.49. The first-order chi connectivity index (χ1) is 14.4. The number of aryl methyl sites for hydroxylation is 2. The molecular weight excluding hydrogens is 402 g/mol. The van der Waals surface area contributed by atoms with Crippen molar-refractivity contribution in [3.63, 3.8) is 0 Å². The van der Waals surface area contributed by atoms with E-state index in [0.717, 1.165) is 36.8 Å². The van der Waals surface area contributed by atoms with Crippen molar-refractivity contribution in [3.8, 4) is 0 Å². The van der Waals surface area contributed by atoms with Crippen molar-refractivity contribution in [1.29, 1.82) is 0 Å². The minimum atomic E-state index is -3.65. The molecule has 2 amide bonds. The Morgan fingerprint density at radius 1 is 1.00 bits per heavy atom. The lowest BCUT2D eigenvalue weighted by Crippen LogP contribution is -2.30. The quantitative estimate of drug-likeness (QED) is 0.596. The molecule has 1 aliphatic rings. The number of hydrogen-bond donors (Lipinski definition) is 3. The Morgan fingerprint density at radius 2 is 1.77 bits per heavy atom. The van der Waals surface area contributed by atoms with E-state index in [4.69, 9.17) is 0 Å². The van der Waals surface area contributed by atoms with Crippen molar-refractivity contribution < 1.29 is 18.0 Å². The Morgan fingerprint density at radius 3 is 2.53 bits per heavy atom. The summed E-state index contributed by atoms with van der Waals surface area (Å²) in [4.78, 5) is 24.0. The lowest BCUT2D eigenvalue weighted by molar-refractivity contribution is -0.121. The van der Waals surface area contributed by atoms with Gasteiger partial charge in [-0.05, 0) is 66.6 Å². The normalized spacial score (nSPS) is 13.4. The van der Waals surface area contributed by atoms with Gasteiger partial charge < -0.3 is 10.6 Å². The van der Waals surface area contributed by atoms with Gasteiger partial charge in [0, 0.05) is 32.1 Å². The van der Waals surface area contributed by atoms with Gasteiger partial charge in [0.05, 0.1) is 4.90 Å². The molecule has 0 aromatic heterocycles. The summed E-state index contributed by atoms with van der Waals surface area (Å²) in [6, 6.07) is 12.2. The first kappa shape index (κ1) is 22.0. The minimum absolute atomic E-state index is 0.0174. The zero-order valence-electron chi connectivity index (χ0n) is 17.0. The Labute approximate surface area is 177 Å². The van der Waals surface area contributed by atoms with Crippen LogP contribution in [0.15, 0.2) is 47.4 Å². The first-order valence-corrected chi connectivity index (χ1v) is 11.6. The maximum absolute atomic E-state index is 12.5. The van der Waals surface area contributed by atoms with Crippen molar-refractivity contribution in [2.24, 2.45) is 0 Å². The fourth-order valence-corrected chi connectivity index (χ4v) is 4.60. The number of fused-ring (bicyclic) bond motifs is 1. The summed E-state index contributed by atoms with van der Waals surface area (Å²) in [5, 5.41) is 5.30. The van der Waals surface area contributed by atoms with Gasteiger partial charge >= 0.3 is 0 Å². The van der Waals surface area contributed by atoms with Gasteiger partial charge in [0.1, 0.15) is 0 Å². The number of carbonyl (C=O) groups excluding carboxylic acids is 2. The average Bonchev–Trinajstić information content (AvgIpc) is 2.77. The molecule has 160 valence electrons. The summed E-state index contributed by atoms with van der Waals surface area (Å²) in [6.45, 7) is 0.283. The fourth-order valence-electron chi connectivity index (χ4n) is 3.52. The van der Waals surface area contributed by atoms with Crippen LogP contribution in [0.4, 0.5) is 0 Å². The molecule has 3 N–H and O–H groups in total. The number of sulfonamides is 1. The van der Waals surface area contributed by atoms with Crippen LogP contribution < -0.4 is 15.4 Å². The molecule has 7 nitrogen and oxygen atoms in total. The van der Waals surface area contributed by atoms with E-state index in [0.29, 0.717) is 5.56 Å². The number of rotatable bonds is 8. The summed E-state index contributed by atoms with van der Waals surface area (Å²) in [5.41, 5.74) is 3.63. The van der Waals surface area contributed by atoms with E-state index < -0.39 is 10.0 Å². The van der Waals surface area contributed by atoms with Crippen LogP contribution in [0.5, 0.6) is 0 Å². The van der Waals surface area contributed by atoms with Crippen LogP contribution in [0.2, 0.25) is 0 Å². The van der Waals surface area contributed by atoms with Gasteiger partial charge in [-0.25, -0.2) is 13.1 Å². The molecular formula is C22H27N3O4S. The third-order valence-corrected chi connectivity index (χ3v) is 6.64. The molecule has 0 radical (unpaired) electrons. The van der Waals surface area contributed by atoms with Gasteiger partial charge in [0.25, 0.3) is 5.91 Å². The van der Waals surface area contributed by atoms with Crippen molar-refractivity contribution in [2.75, 3.05) is 13.6 Å². The van der Waals surface area contributed by atoms with Gasteiger partial charge in [-0.2, -0.15) is 0 Å². The molecule has 2 aromatic carbocycles. The lowest BCUT2D eigenvalue weighted by Gasteiger charge is -2.16. The molecule has 0 atom stereocenters. The lowest BCUT2D eigenvalue weighted by atomic mass is 9.92. The third-order valence-electron chi connectivity index (χ3n) is 5.18. The van der Waals surface area contributed by atoms with Gasteiger partial charge in [-0.3, -0.25) is 9.59 Å². The van der Waals surface area contributed by atoms with E-state index in [1.165, 1.54) is 5.56 Å². The maximum Gasteiger partial charge on any atom is 0.251 e. The average molecular weight is 430 g/mol. The van der Waals surface area contributed by atoms with E-state index in [1.807, 2.05) is 12.1 Å². The van der Waals surface area contributed by atoms with Crippen LogP contribution in [-0.2, 0) is 34.2 Å². The summed E-state index contributed by atoms with van der Waals surface area (Å²) in [6.07, 6.45) is 4.15. The predicted molar refractivity (Wildman–Crippen MR) is 115 cm³/mol. The van der Waals surface area contributed by atoms with Gasteiger partial charge in [-0.1, -0.05) is 18.2 Å². The largest absolute Gasteiger partial charge is 0.355 e. The van der Waals surface area contributed by atoms with Gasteiger partial charge in [0.2, 0.25) is 15.9 Å². The summed E-state index contributed by atoms with van der Waals surface area (Å²) >= 11 is 0. The molecule has 0 saturated heterocycles. The van der Waals surface area contributed by atoms with E-state index in [2.05, 4.69) is 15.4 Å². The molecule has 0 saturated carbocycles. The molecule has 2 aromatic rings. The smallest absolute Gasteiger partial charge is 0.251 e. The molecule has 3 rings (SSSR count). The predicted octanol–water partition coefficient (Wildman–Crippen LogP) is 1.91. The third kappa shape index (κ3) is 5.67. The molecule has 0 heterocycles.